The molecule has 1 rings (SSSR count). The Hall–Kier alpha value is -1.34. The van der Waals surface area contributed by atoms with Crippen molar-refractivity contribution >= 4 is 19.9 Å². The number of phenols is 1. The summed E-state index contributed by atoms with van der Waals surface area (Å²) in [6, 6.07) is 7.01. The van der Waals surface area contributed by atoms with Crippen LogP contribution in [-0.2, 0) is 0 Å². The minimum Gasteiger partial charge on any atom is -0.508 e. The average Bonchev–Trinajstić information content (AvgIpc) is 2.35. The Balaban J connectivity index is 2.64. The van der Waals surface area contributed by atoms with Crippen LogP contribution in [0, 0.1) is 0 Å². The number of benzene rings is 1. The Bertz CT molecular complexity index is 392. The van der Waals surface area contributed by atoms with Crippen LogP contribution in [0.3, 0.4) is 0 Å². The van der Waals surface area contributed by atoms with Gasteiger partial charge >= 0.3 is 0 Å². The van der Waals surface area contributed by atoms with Crippen molar-refractivity contribution in [2.75, 3.05) is 7.05 Å². The van der Waals surface area contributed by atoms with Crippen LogP contribution in [0.1, 0.15) is 32.3 Å². The van der Waals surface area contributed by atoms with Crippen molar-refractivity contribution in [2.45, 2.75) is 26.7 Å². The predicted molar refractivity (Wildman–Crippen MR) is 76.0 cm³/mol. The monoisotopic (exact) mass is 250 g/mol. The smallest absolute Gasteiger partial charge is 0.115 e. The van der Waals surface area contributed by atoms with Crippen molar-refractivity contribution in [1.29, 1.82) is 0 Å². The molecule has 0 aliphatic rings. The Morgan fingerprint density at radius 2 is 1.88 bits per heavy atom. The van der Waals surface area contributed by atoms with Gasteiger partial charge < -0.3 is 5.11 Å². The van der Waals surface area contributed by atoms with E-state index in [4.69, 9.17) is 5.11 Å². The molecule has 0 radical (unpaired) electrons. The average molecular weight is 250 g/mol. The van der Waals surface area contributed by atoms with Gasteiger partial charge in [0.2, 0.25) is 0 Å². The fraction of sp³-hybridized carbons (Fsp3) is 0.385. The molecule has 92 valence electrons. The molecular formula is C13H19N2OP. The SMILES string of the molecule is CCC(CC)=PN(C)/N=C/c1ccc(O)cc1. The van der Waals surface area contributed by atoms with E-state index in [1.54, 1.807) is 18.3 Å². The zero-order valence-electron chi connectivity index (χ0n) is 10.6. The third-order valence-corrected chi connectivity index (χ3v) is 3.68. The van der Waals surface area contributed by atoms with Gasteiger partial charge in [-0.3, -0.25) is 4.78 Å². The Morgan fingerprint density at radius 3 is 2.41 bits per heavy atom. The van der Waals surface area contributed by atoms with E-state index in [0.717, 1.165) is 26.8 Å². The van der Waals surface area contributed by atoms with Crippen molar-refractivity contribution in [3.8, 4) is 5.75 Å². The highest BCUT2D eigenvalue weighted by molar-refractivity contribution is 7.37. The predicted octanol–water partition coefficient (Wildman–Crippen LogP) is 3.51. The van der Waals surface area contributed by atoms with E-state index in [-0.39, 0.29) is 5.75 Å². The first-order chi connectivity index (χ1) is 8.15. The second kappa shape index (κ2) is 7.08. The summed E-state index contributed by atoms with van der Waals surface area (Å²) in [6.07, 6.45) is 3.99. The molecule has 1 N–H and O–H groups in total. The molecule has 0 unspecified atom stereocenters. The summed E-state index contributed by atoms with van der Waals surface area (Å²) >= 11 is 0. The summed E-state index contributed by atoms with van der Waals surface area (Å²) in [6.45, 7) is 4.34. The van der Waals surface area contributed by atoms with Gasteiger partial charge in [-0.1, -0.05) is 13.8 Å². The van der Waals surface area contributed by atoms with Gasteiger partial charge in [0.05, 0.1) is 6.21 Å². The zero-order chi connectivity index (χ0) is 12.7. The van der Waals surface area contributed by atoms with Crippen LogP contribution in [0.2, 0.25) is 0 Å². The van der Waals surface area contributed by atoms with Crippen molar-refractivity contribution in [2.24, 2.45) is 5.10 Å². The van der Waals surface area contributed by atoms with Crippen molar-refractivity contribution < 1.29 is 5.11 Å². The summed E-state index contributed by atoms with van der Waals surface area (Å²) < 4.78 is 1.91. The maximum Gasteiger partial charge on any atom is 0.115 e. The molecule has 3 nitrogen and oxygen atoms in total. The van der Waals surface area contributed by atoms with Gasteiger partial charge in [-0.15, -0.1) is 0 Å². The number of aromatic hydroxyl groups is 1. The highest BCUT2D eigenvalue weighted by Gasteiger charge is 1.94. The summed E-state index contributed by atoms with van der Waals surface area (Å²) in [5, 5.41) is 15.0. The van der Waals surface area contributed by atoms with Crippen LogP contribution in [-0.4, -0.2) is 28.4 Å². The van der Waals surface area contributed by atoms with E-state index in [0.29, 0.717) is 0 Å². The van der Waals surface area contributed by atoms with Crippen LogP contribution in [0.5, 0.6) is 5.75 Å². The van der Waals surface area contributed by atoms with Gasteiger partial charge in [0.1, 0.15) is 5.75 Å². The van der Waals surface area contributed by atoms with Gasteiger partial charge in [0.25, 0.3) is 0 Å². The molecule has 4 heteroatoms. The van der Waals surface area contributed by atoms with Crippen molar-refractivity contribution in [3.05, 3.63) is 29.8 Å². The molecule has 17 heavy (non-hydrogen) atoms. The van der Waals surface area contributed by atoms with E-state index < -0.39 is 0 Å². The number of rotatable bonds is 5. The lowest BCUT2D eigenvalue weighted by atomic mass is 10.2. The van der Waals surface area contributed by atoms with Crippen molar-refractivity contribution in [3.63, 3.8) is 0 Å². The van der Waals surface area contributed by atoms with Crippen LogP contribution in [0.4, 0.5) is 0 Å². The minimum absolute atomic E-state index is 0.279. The van der Waals surface area contributed by atoms with Crippen LogP contribution < -0.4 is 0 Å². The lowest BCUT2D eigenvalue weighted by molar-refractivity contribution is 0.475. The molecule has 0 fully saturated rings. The normalized spacial score (nSPS) is 11.0. The maximum atomic E-state index is 9.16. The first-order valence-corrected chi connectivity index (χ1v) is 6.63. The quantitative estimate of drug-likeness (QED) is 0.493. The molecule has 1 aromatic rings. The highest BCUT2D eigenvalue weighted by Crippen LogP contribution is 2.12. The molecular weight excluding hydrogens is 231 g/mol. The minimum atomic E-state index is 0.279. The van der Waals surface area contributed by atoms with Gasteiger partial charge in [-0.25, -0.2) is 0 Å². The number of nitrogens with zero attached hydrogens (tertiary/aromatic N) is 2. The molecule has 0 atom stereocenters. The summed E-state index contributed by atoms with van der Waals surface area (Å²) in [4.78, 5) is 0. The van der Waals surface area contributed by atoms with E-state index in [9.17, 15) is 0 Å². The second-order valence-electron chi connectivity index (χ2n) is 3.70. The van der Waals surface area contributed by atoms with Crippen LogP contribution in [0.15, 0.2) is 29.4 Å². The highest BCUT2D eigenvalue weighted by atomic mass is 31.1. The van der Waals surface area contributed by atoms with Gasteiger partial charge in [0, 0.05) is 15.4 Å². The maximum absolute atomic E-state index is 9.16. The third-order valence-electron chi connectivity index (χ3n) is 2.37. The molecule has 0 bridgehead atoms. The molecule has 0 amide bonds. The lowest BCUT2D eigenvalue weighted by Gasteiger charge is -2.08. The van der Waals surface area contributed by atoms with E-state index in [2.05, 4.69) is 18.9 Å². The first-order valence-electron chi connectivity index (χ1n) is 5.78. The number of hydrogen-bond donors (Lipinski definition) is 1. The topological polar surface area (TPSA) is 35.8 Å². The number of hydrogen-bond acceptors (Lipinski definition) is 3. The summed E-state index contributed by atoms with van der Waals surface area (Å²) in [5.41, 5.74) is 0.986. The molecule has 1 aromatic carbocycles. The number of hydrazone groups is 1. The van der Waals surface area contributed by atoms with Gasteiger partial charge in [-0.05, 0) is 48.0 Å². The standard InChI is InChI=1S/C13H19N2OP/c1-4-13(5-2)17-15(3)14-10-11-6-8-12(16)9-7-11/h6-10,16H,4-5H2,1-3H3/b14-10+. The van der Waals surface area contributed by atoms with Gasteiger partial charge in [-0.2, -0.15) is 5.10 Å². The van der Waals surface area contributed by atoms with E-state index >= 15 is 0 Å². The Labute approximate surface area is 105 Å². The molecule has 0 aliphatic heterocycles. The lowest BCUT2D eigenvalue weighted by Crippen LogP contribution is -2.00. The molecule has 0 spiro atoms. The summed E-state index contributed by atoms with van der Waals surface area (Å²) in [5.74, 6) is 0.279. The van der Waals surface area contributed by atoms with Gasteiger partial charge in [0.15, 0.2) is 0 Å². The van der Waals surface area contributed by atoms with E-state index in [1.165, 1.54) is 5.29 Å². The van der Waals surface area contributed by atoms with E-state index in [1.807, 2.05) is 24.0 Å². The summed E-state index contributed by atoms with van der Waals surface area (Å²) in [7, 11) is 3.12. The zero-order valence-corrected chi connectivity index (χ0v) is 11.5. The largest absolute Gasteiger partial charge is 0.508 e. The molecule has 0 aromatic heterocycles. The number of phenolic OH excluding ortho intramolecular Hbond substituents is 1. The fourth-order valence-electron chi connectivity index (χ4n) is 1.33. The molecule has 0 saturated carbocycles. The van der Waals surface area contributed by atoms with Crippen molar-refractivity contribution in [1.82, 2.24) is 4.78 Å². The molecule has 0 heterocycles. The second-order valence-corrected chi connectivity index (χ2v) is 5.11. The van der Waals surface area contributed by atoms with Crippen LogP contribution >= 0.6 is 8.35 Å². The first kappa shape index (κ1) is 13.7. The Morgan fingerprint density at radius 1 is 1.29 bits per heavy atom. The molecule has 0 saturated heterocycles. The third kappa shape index (κ3) is 5.01. The fourth-order valence-corrected chi connectivity index (χ4v) is 2.13. The molecule has 0 aliphatic carbocycles. The Kier molecular flexibility index (Phi) is 5.71. The van der Waals surface area contributed by atoms with Crippen LogP contribution in [0.25, 0.3) is 0 Å².